The van der Waals surface area contributed by atoms with Gasteiger partial charge >= 0.3 is 5.97 Å². The van der Waals surface area contributed by atoms with Gasteiger partial charge in [-0.25, -0.2) is 17.2 Å². The quantitative estimate of drug-likeness (QED) is 0.642. The molecule has 110 valence electrons. The monoisotopic (exact) mass is 305 g/mol. The van der Waals surface area contributed by atoms with Gasteiger partial charge in [-0.2, -0.15) is 0 Å². The van der Waals surface area contributed by atoms with Gasteiger partial charge in [-0.05, 0) is 36.8 Å². The zero-order valence-corrected chi connectivity index (χ0v) is 12.5. The molecule has 0 aliphatic rings. The van der Waals surface area contributed by atoms with Gasteiger partial charge < -0.3 is 4.74 Å². The van der Waals surface area contributed by atoms with Crippen molar-refractivity contribution < 1.29 is 17.9 Å². The van der Waals surface area contributed by atoms with E-state index in [2.05, 4.69) is 4.74 Å². The van der Waals surface area contributed by atoms with E-state index in [1.807, 2.05) is 6.92 Å². The third-order valence-electron chi connectivity index (χ3n) is 2.90. The number of benzene rings is 1. The number of hydrogen-bond donors (Lipinski definition) is 0. The Hall–Kier alpha value is -2.34. The summed E-state index contributed by atoms with van der Waals surface area (Å²) in [5.74, 6) is -0.496. The van der Waals surface area contributed by atoms with Gasteiger partial charge in [-0.1, -0.05) is 17.7 Å². The van der Waals surface area contributed by atoms with E-state index in [9.17, 15) is 13.2 Å². The van der Waals surface area contributed by atoms with Crippen LogP contribution in [0.5, 0.6) is 0 Å². The summed E-state index contributed by atoms with van der Waals surface area (Å²) in [6.45, 7) is 1.89. The van der Waals surface area contributed by atoms with E-state index < -0.39 is 16.0 Å². The van der Waals surface area contributed by atoms with E-state index in [-0.39, 0.29) is 4.90 Å². The largest absolute Gasteiger partial charge is 0.466 e. The highest BCUT2D eigenvalue weighted by Gasteiger charge is 2.15. The van der Waals surface area contributed by atoms with Crippen LogP contribution in [-0.2, 0) is 19.6 Å². The van der Waals surface area contributed by atoms with Crippen LogP contribution >= 0.6 is 0 Å². The molecule has 0 fully saturated rings. The molecule has 0 aliphatic heterocycles. The molecule has 0 N–H and O–H groups in total. The van der Waals surface area contributed by atoms with Crippen LogP contribution in [0, 0.1) is 6.92 Å². The molecular weight excluding hydrogens is 290 g/mol. The lowest BCUT2D eigenvalue weighted by Gasteiger charge is -2.05. The van der Waals surface area contributed by atoms with Gasteiger partial charge in [-0.3, -0.25) is 0 Å². The first-order valence-electron chi connectivity index (χ1n) is 6.20. The number of ether oxygens (including phenoxy) is 1. The van der Waals surface area contributed by atoms with E-state index in [0.717, 1.165) is 9.54 Å². The number of esters is 1. The Bertz CT molecular complexity index is 770. The summed E-state index contributed by atoms with van der Waals surface area (Å²) in [6, 6.07) is 8.22. The summed E-state index contributed by atoms with van der Waals surface area (Å²) in [7, 11) is -2.33. The second-order valence-corrected chi connectivity index (χ2v) is 6.29. The second kappa shape index (κ2) is 5.97. The molecule has 0 saturated carbocycles. The third kappa shape index (κ3) is 3.41. The fourth-order valence-electron chi connectivity index (χ4n) is 1.70. The number of carbonyl (C=O) groups excluding carboxylic acids is 1. The Balaban J connectivity index is 2.30. The van der Waals surface area contributed by atoms with Gasteiger partial charge in [0, 0.05) is 18.5 Å². The average molecular weight is 305 g/mol. The maximum absolute atomic E-state index is 12.4. The van der Waals surface area contributed by atoms with Crippen LogP contribution in [0.4, 0.5) is 0 Å². The van der Waals surface area contributed by atoms with Crippen LogP contribution in [0.3, 0.4) is 0 Å². The molecule has 2 aromatic rings. The smallest absolute Gasteiger partial charge is 0.330 e. The molecule has 1 heterocycles. The van der Waals surface area contributed by atoms with Gasteiger partial charge in [0.15, 0.2) is 0 Å². The zero-order chi connectivity index (χ0) is 15.5. The average Bonchev–Trinajstić information content (AvgIpc) is 2.95. The summed E-state index contributed by atoms with van der Waals surface area (Å²) in [6.07, 6.45) is 5.60. The van der Waals surface area contributed by atoms with E-state index in [1.54, 1.807) is 30.3 Å². The highest BCUT2D eigenvalue weighted by Crippen LogP contribution is 2.16. The number of methoxy groups -OCH3 is 1. The van der Waals surface area contributed by atoms with Crippen molar-refractivity contribution in [1.82, 2.24) is 3.97 Å². The van der Waals surface area contributed by atoms with Crippen molar-refractivity contribution in [3.05, 3.63) is 59.9 Å². The molecule has 2 rings (SSSR count). The van der Waals surface area contributed by atoms with Crippen molar-refractivity contribution in [3.63, 3.8) is 0 Å². The van der Waals surface area contributed by atoms with Gasteiger partial charge in [-0.15, -0.1) is 0 Å². The lowest BCUT2D eigenvalue weighted by atomic mass is 10.2. The molecule has 6 heteroatoms. The summed E-state index contributed by atoms with van der Waals surface area (Å²) in [5, 5.41) is 0. The van der Waals surface area contributed by atoms with Crippen molar-refractivity contribution in [2.45, 2.75) is 11.8 Å². The molecule has 1 aromatic carbocycles. The van der Waals surface area contributed by atoms with Crippen molar-refractivity contribution in [2.24, 2.45) is 0 Å². The van der Waals surface area contributed by atoms with Gasteiger partial charge in [0.25, 0.3) is 10.0 Å². The number of nitrogens with zero attached hydrogens (tertiary/aromatic N) is 1. The van der Waals surface area contributed by atoms with Crippen molar-refractivity contribution >= 4 is 22.1 Å². The number of aromatic nitrogens is 1. The fourth-order valence-corrected chi connectivity index (χ4v) is 2.91. The second-order valence-electron chi connectivity index (χ2n) is 4.45. The van der Waals surface area contributed by atoms with Crippen LogP contribution in [0.1, 0.15) is 11.1 Å². The highest BCUT2D eigenvalue weighted by atomic mass is 32.2. The molecule has 0 saturated heterocycles. The first-order chi connectivity index (χ1) is 9.93. The standard InChI is InChI=1S/C15H15NO4S/c1-12-3-6-14(7-4-12)21(18,19)16-10-9-13(11-16)5-8-15(17)20-2/h3-11H,1-2H3/b8-5+. The predicted octanol–water partition coefficient (Wildman–Crippen LogP) is 2.22. The van der Waals surface area contributed by atoms with E-state index in [4.69, 9.17) is 0 Å². The van der Waals surface area contributed by atoms with Gasteiger partial charge in [0.05, 0.1) is 12.0 Å². The zero-order valence-electron chi connectivity index (χ0n) is 11.7. The van der Waals surface area contributed by atoms with Crippen LogP contribution in [-0.4, -0.2) is 25.5 Å². The molecule has 0 aliphatic carbocycles. The molecule has 0 unspecified atom stereocenters. The molecule has 0 radical (unpaired) electrons. The minimum absolute atomic E-state index is 0.215. The normalized spacial score (nSPS) is 11.7. The lowest BCUT2D eigenvalue weighted by molar-refractivity contribution is -0.134. The SMILES string of the molecule is COC(=O)/C=C/c1ccn(S(=O)(=O)c2ccc(C)cc2)c1. The first kappa shape index (κ1) is 15.1. The van der Waals surface area contributed by atoms with Gasteiger partial charge in [0.2, 0.25) is 0 Å². The maximum atomic E-state index is 12.4. The third-order valence-corrected chi connectivity index (χ3v) is 4.55. The molecular formula is C15H15NO4S. The minimum atomic E-state index is -3.61. The van der Waals surface area contributed by atoms with Crippen LogP contribution in [0.2, 0.25) is 0 Å². The highest BCUT2D eigenvalue weighted by molar-refractivity contribution is 7.90. The summed E-state index contributed by atoms with van der Waals surface area (Å²) in [5.41, 5.74) is 1.58. The van der Waals surface area contributed by atoms with Crippen LogP contribution < -0.4 is 0 Å². The number of rotatable bonds is 4. The first-order valence-corrected chi connectivity index (χ1v) is 7.64. The molecule has 0 atom stereocenters. The van der Waals surface area contributed by atoms with Crippen molar-refractivity contribution in [3.8, 4) is 0 Å². The Morgan fingerprint density at radius 3 is 2.48 bits per heavy atom. The summed E-state index contributed by atoms with van der Waals surface area (Å²) >= 11 is 0. The Labute approximate surface area is 123 Å². The van der Waals surface area contributed by atoms with Gasteiger partial charge in [0.1, 0.15) is 0 Å². The van der Waals surface area contributed by atoms with Crippen LogP contribution in [0.15, 0.2) is 53.7 Å². The Morgan fingerprint density at radius 2 is 1.86 bits per heavy atom. The fraction of sp³-hybridized carbons (Fsp3) is 0.133. The molecule has 1 aromatic heterocycles. The molecule has 0 spiro atoms. The summed E-state index contributed by atoms with van der Waals surface area (Å²) in [4.78, 5) is 11.2. The Kier molecular flexibility index (Phi) is 4.28. The lowest BCUT2D eigenvalue weighted by Crippen LogP contribution is -2.10. The minimum Gasteiger partial charge on any atom is -0.466 e. The topological polar surface area (TPSA) is 65.4 Å². The van der Waals surface area contributed by atoms with Crippen molar-refractivity contribution in [2.75, 3.05) is 7.11 Å². The predicted molar refractivity (Wildman–Crippen MR) is 79.2 cm³/mol. The molecule has 0 bridgehead atoms. The molecule has 0 amide bonds. The van der Waals surface area contributed by atoms with Crippen molar-refractivity contribution in [1.29, 1.82) is 0 Å². The number of carbonyl (C=O) groups is 1. The van der Waals surface area contributed by atoms with E-state index >= 15 is 0 Å². The van der Waals surface area contributed by atoms with E-state index in [1.165, 1.54) is 31.7 Å². The van der Waals surface area contributed by atoms with Crippen LogP contribution in [0.25, 0.3) is 6.08 Å². The molecule has 21 heavy (non-hydrogen) atoms. The maximum Gasteiger partial charge on any atom is 0.330 e. The Morgan fingerprint density at radius 1 is 1.19 bits per heavy atom. The summed E-state index contributed by atoms with van der Waals surface area (Å²) < 4.78 is 30.4. The molecule has 5 nitrogen and oxygen atoms in total. The number of hydrogen-bond acceptors (Lipinski definition) is 4. The number of aryl methyl sites for hydroxylation is 1. The van der Waals surface area contributed by atoms with E-state index in [0.29, 0.717) is 5.56 Å².